The highest BCUT2D eigenvalue weighted by Gasteiger charge is 2.29. The van der Waals surface area contributed by atoms with E-state index in [0.29, 0.717) is 19.3 Å². The van der Waals surface area contributed by atoms with Gasteiger partial charge in [0, 0.05) is 19.3 Å². The second kappa shape index (κ2) is 82.1. The monoisotopic (exact) mass is 1560 g/mol. The Morgan fingerprint density at radius 1 is 0.257 bits per heavy atom. The number of aliphatic hydroxyl groups excluding tert-OH is 2. The number of phosphoric ester groups is 2. The van der Waals surface area contributed by atoms with Gasteiger partial charge in [0.25, 0.3) is 0 Å². The minimum absolute atomic E-state index is 0.0515. The van der Waals surface area contributed by atoms with E-state index in [4.69, 9.17) is 32.3 Å². The van der Waals surface area contributed by atoms with Crippen LogP contribution in [0.5, 0.6) is 0 Å². The highest BCUT2D eigenvalue weighted by atomic mass is 31.2. The summed E-state index contributed by atoms with van der Waals surface area (Å²) in [4.78, 5) is 58.7. The van der Waals surface area contributed by atoms with Crippen LogP contribution < -0.4 is 0 Å². The third-order valence-electron chi connectivity index (χ3n) is 17.1. The van der Waals surface area contributed by atoms with E-state index in [0.717, 1.165) is 154 Å². The lowest BCUT2D eigenvalue weighted by atomic mass is 10.0. The Kier molecular flexibility index (Phi) is 78.1. The average molecular weight is 1560 g/mol. The molecule has 0 aliphatic heterocycles. The number of rotatable bonds is 78. The van der Waals surface area contributed by atoms with Crippen molar-refractivity contribution < 1.29 is 75.8 Å². The van der Waals surface area contributed by atoms with Gasteiger partial charge in [0.05, 0.1) is 26.4 Å². The van der Waals surface area contributed by atoms with E-state index in [2.05, 4.69) is 203 Å². The fraction of sp³-hybridized carbons (Fsp3) is 0.637. The second-order valence-corrected chi connectivity index (χ2v) is 30.4. The molecule has 0 aliphatic carbocycles. The Hall–Kier alpha value is -5.35. The number of allylic oxidation sites excluding steroid dienone is 30. The standard InChI is InChI=1S/C91H150O16P2/c1-4-7-10-13-16-19-22-25-28-31-34-35-36-37-38-39-40-41-42-43-44-45-46-47-48-49-52-54-56-59-62-65-68-71-74-77-89(94)101-80-86(92)81-103-108(97,98)104-82-87(93)83-105-109(99,100)106-85-88(107-91(96)79-76-73-70-67-64-61-58-55-51-33-30-27-24-21-18-15-12-9-6-3)84-102-90(95)78-75-72-69-66-63-60-57-53-50-32-29-26-23-20-17-14-11-8-5-2/h7-12,16-21,25-30,34-35,37-38,50-51,53,55,60-61,63-64,86-88,92-93H,4-6,13-15,22-24,31-33,36,39-49,52,54,56-59,62,65-85H2,1-3H3,(H,97,98)(H,99,100)/b10-7-,11-8-,12-9-,19-16-,20-17-,21-18-,28-25-,29-26-,30-27-,35-34-,38-37-,53-50-,55-51-,63-60-,64-61-. The average Bonchev–Trinajstić information content (AvgIpc) is 0.900. The molecule has 0 saturated heterocycles. The molecule has 0 aliphatic rings. The minimum atomic E-state index is -4.96. The topological polar surface area (TPSA) is 231 Å². The molecule has 5 atom stereocenters. The molecular weight excluding hydrogens is 1410 g/mol. The molecule has 0 fully saturated rings. The molecule has 620 valence electrons. The van der Waals surface area contributed by atoms with Gasteiger partial charge >= 0.3 is 33.6 Å². The molecule has 0 rings (SSSR count). The molecular formula is C91H150O16P2. The van der Waals surface area contributed by atoms with Crippen LogP contribution in [0.3, 0.4) is 0 Å². The van der Waals surface area contributed by atoms with E-state index in [9.17, 15) is 43.5 Å². The summed E-state index contributed by atoms with van der Waals surface area (Å²) >= 11 is 0. The summed E-state index contributed by atoms with van der Waals surface area (Å²) in [5, 5.41) is 20.7. The van der Waals surface area contributed by atoms with Crippen LogP contribution in [0.4, 0.5) is 0 Å². The van der Waals surface area contributed by atoms with Crippen LogP contribution >= 0.6 is 15.6 Å². The first-order chi connectivity index (χ1) is 53.2. The van der Waals surface area contributed by atoms with Crippen molar-refractivity contribution in [1.82, 2.24) is 0 Å². The number of esters is 3. The van der Waals surface area contributed by atoms with Gasteiger partial charge in [-0.2, -0.15) is 0 Å². The number of unbranched alkanes of at least 4 members (excludes halogenated alkanes) is 25. The van der Waals surface area contributed by atoms with E-state index in [1.807, 2.05) is 0 Å². The quantitative estimate of drug-likeness (QED) is 0.0146. The Balaban J connectivity index is 4.51. The Bertz CT molecular complexity index is 2710. The molecule has 18 heteroatoms. The molecule has 16 nitrogen and oxygen atoms in total. The normalized spacial score (nSPS) is 14.8. The molecule has 0 amide bonds. The molecule has 5 unspecified atom stereocenters. The van der Waals surface area contributed by atoms with Crippen molar-refractivity contribution >= 4 is 33.6 Å². The highest BCUT2D eigenvalue weighted by Crippen LogP contribution is 2.45. The predicted molar refractivity (Wildman–Crippen MR) is 454 cm³/mol. The molecule has 0 bridgehead atoms. The van der Waals surface area contributed by atoms with Crippen LogP contribution in [0.15, 0.2) is 182 Å². The zero-order chi connectivity index (χ0) is 79.4. The van der Waals surface area contributed by atoms with E-state index in [-0.39, 0.29) is 19.3 Å². The van der Waals surface area contributed by atoms with Gasteiger partial charge in [0.2, 0.25) is 0 Å². The van der Waals surface area contributed by atoms with Crippen molar-refractivity contribution in [3.05, 3.63) is 182 Å². The van der Waals surface area contributed by atoms with Crippen LogP contribution in [0.1, 0.15) is 316 Å². The first-order valence-corrected chi connectivity index (χ1v) is 45.1. The molecule has 109 heavy (non-hydrogen) atoms. The zero-order valence-corrected chi connectivity index (χ0v) is 69.7. The van der Waals surface area contributed by atoms with Gasteiger partial charge in [-0.1, -0.05) is 325 Å². The summed E-state index contributed by atoms with van der Waals surface area (Å²) in [6.07, 6.45) is 107. The van der Waals surface area contributed by atoms with Gasteiger partial charge in [-0.05, 0) is 154 Å². The van der Waals surface area contributed by atoms with Crippen LogP contribution in [-0.2, 0) is 55.8 Å². The van der Waals surface area contributed by atoms with Gasteiger partial charge in [-0.15, -0.1) is 0 Å². The van der Waals surface area contributed by atoms with Crippen LogP contribution in [0.25, 0.3) is 0 Å². The first-order valence-electron chi connectivity index (χ1n) is 42.1. The fourth-order valence-electron chi connectivity index (χ4n) is 10.8. The van der Waals surface area contributed by atoms with Crippen molar-refractivity contribution in [2.75, 3.05) is 39.6 Å². The third kappa shape index (κ3) is 83.4. The molecule has 0 radical (unpaired) electrons. The van der Waals surface area contributed by atoms with Crippen molar-refractivity contribution in [3.63, 3.8) is 0 Å². The SMILES string of the molecule is CC/C=C\C/C=C\C/C=C\C/C=C\C/C=C\CCCCCCCCCCCCCCCCCCCCCC(=O)OCC(O)COP(=O)(O)OCC(O)COP(=O)(O)OCC(COC(=O)CCCCC/C=C\C/C=C\C/C=C\C/C=C\C/C=C\CC)OC(=O)CCCCC/C=C\C/C=C\C/C=C\C/C=C\C/C=C\CC. The van der Waals surface area contributed by atoms with Gasteiger partial charge in [0.1, 0.15) is 25.4 Å². The second-order valence-electron chi connectivity index (χ2n) is 27.5. The first kappa shape index (κ1) is 104. The predicted octanol–water partition coefficient (Wildman–Crippen LogP) is 25.3. The summed E-state index contributed by atoms with van der Waals surface area (Å²) in [5.41, 5.74) is 0. The lowest BCUT2D eigenvalue weighted by molar-refractivity contribution is -0.161. The number of carbonyl (C=O) groups excluding carboxylic acids is 3. The Labute approximate surface area is 662 Å². The van der Waals surface area contributed by atoms with Crippen molar-refractivity contribution in [2.24, 2.45) is 0 Å². The van der Waals surface area contributed by atoms with E-state index in [1.165, 1.54) is 103 Å². The zero-order valence-electron chi connectivity index (χ0n) is 67.9. The number of aliphatic hydroxyl groups is 2. The number of phosphoric acid groups is 2. The Morgan fingerprint density at radius 3 is 0.734 bits per heavy atom. The van der Waals surface area contributed by atoms with E-state index in [1.54, 1.807) is 0 Å². The number of carbonyl (C=O) groups is 3. The summed E-state index contributed by atoms with van der Waals surface area (Å²) in [5.74, 6) is -1.66. The summed E-state index contributed by atoms with van der Waals surface area (Å²) in [6, 6.07) is 0. The van der Waals surface area contributed by atoms with Crippen LogP contribution in [0.2, 0.25) is 0 Å². The molecule has 0 spiro atoms. The molecule has 0 saturated carbocycles. The highest BCUT2D eigenvalue weighted by molar-refractivity contribution is 7.47. The maximum Gasteiger partial charge on any atom is 0.472 e. The van der Waals surface area contributed by atoms with Crippen LogP contribution in [-0.4, -0.2) is 95.9 Å². The van der Waals surface area contributed by atoms with E-state index >= 15 is 0 Å². The minimum Gasteiger partial charge on any atom is -0.463 e. The summed E-state index contributed by atoms with van der Waals surface area (Å²) < 4.78 is 61.2. The van der Waals surface area contributed by atoms with Gasteiger partial charge < -0.3 is 34.2 Å². The molecule has 4 N–H and O–H groups in total. The van der Waals surface area contributed by atoms with Gasteiger partial charge in [-0.25, -0.2) is 9.13 Å². The maximum absolute atomic E-state index is 13.0. The lowest BCUT2D eigenvalue weighted by Gasteiger charge is -2.21. The summed E-state index contributed by atoms with van der Waals surface area (Å²) in [7, 11) is -9.83. The molecule has 0 aromatic heterocycles. The lowest BCUT2D eigenvalue weighted by Crippen LogP contribution is -2.30. The number of ether oxygens (including phenoxy) is 3. The van der Waals surface area contributed by atoms with Crippen molar-refractivity contribution in [3.8, 4) is 0 Å². The van der Waals surface area contributed by atoms with Gasteiger partial charge in [-0.3, -0.25) is 32.5 Å². The maximum atomic E-state index is 13.0. The number of hydrogen-bond donors (Lipinski definition) is 4. The molecule has 0 heterocycles. The smallest absolute Gasteiger partial charge is 0.463 e. The van der Waals surface area contributed by atoms with Crippen molar-refractivity contribution in [2.45, 2.75) is 334 Å². The van der Waals surface area contributed by atoms with Crippen molar-refractivity contribution in [1.29, 1.82) is 0 Å². The number of hydrogen-bond acceptors (Lipinski definition) is 14. The van der Waals surface area contributed by atoms with Gasteiger partial charge in [0.15, 0.2) is 6.10 Å². The largest absolute Gasteiger partial charge is 0.472 e. The third-order valence-corrected chi connectivity index (χ3v) is 19.0. The molecule has 0 aromatic carbocycles. The molecule has 0 aromatic rings. The van der Waals surface area contributed by atoms with E-state index < -0.39 is 91.5 Å². The Morgan fingerprint density at radius 2 is 0.459 bits per heavy atom. The fourth-order valence-corrected chi connectivity index (χ4v) is 12.4. The summed E-state index contributed by atoms with van der Waals surface area (Å²) in [6.45, 7) is 2.26. The van der Waals surface area contributed by atoms with Crippen LogP contribution in [0, 0.1) is 0 Å².